The molecule has 3 aliphatic heterocycles. The van der Waals surface area contributed by atoms with Gasteiger partial charge < -0.3 is 14.4 Å². The van der Waals surface area contributed by atoms with Gasteiger partial charge in [0, 0.05) is 42.7 Å². The van der Waals surface area contributed by atoms with Gasteiger partial charge in [0.05, 0.1) is 17.2 Å². The Morgan fingerprint density at radius 1 is 0.782 bits per heavy atom. The molecule has 11 nitrogen and oxygen atoms in total. The molecule has 3 aliphatic rings. The number of carbonyl (C=O) groups excluding carboxylic acids is 3. The number of ether oxygens (including phenoxy) is 2. The predicted octanol–water partition coefficient (Wildman–Crippen LogP) is 8.12. The van der Waals surface area contributed by atoms with Crippen molar-refractivity contribution in [3.05, 3.63) is 164 Å². The fraction of sp³-hybridized carbons (Fsp3) is 0.205. The fourth-order valence-corrected chi connectivity index (χ4v) is 7.90. The van der Waals surface area contributed by atoms with E-state index in [-0.39, 0.29) is 29.7 Å². The van der Waals surface area contributed by atoms with Gasteiger partial charge in [0.1, 0.15) is 12.2 Å². The van der Waals surface area contributed by atoms with E-state index >= 15 is 0 Å². The first-order valence-electron chi connectivity index (χ1n) is 18.4. The molecule has 1 N–H and O–H groups in total. The van der Waals surface area contributed by atoms with Gasteiger partial charge in [-0.25, -0.2) is 9.69 Å². The Morgan fingerprint density at radius 3 is 1.98 bits per heavy atom. The number of hydrogen-bond acceptors (Lipinski definition) is 8. The van der Waals surface area contributed by atoms with Crippen molar-refractivity contribution in [3.8, 4) is 11.5 Å². The van der Waals surface area contributed by atoms with Crippen LogP contribution in [0.15, 0.2) is 121 Å². The van der Waals surface area contributed by atoms with E-state index in [4.69, 9.17) is 9.47 Å². The second-order valence-corrected chi connectivity index (χ2v) is 13.8. The SMILES string of the molecule is CCOc1cc(/C=C2\C(=O)NC(=O)N(c3cc4c5c(c3)[C@H](c3ccccc3)CCN5CC[C@@H]4c3ccccc3)C2=O)ccc1OCc1ccc([N+](=O)[O-])cc1. The second-order valence-electron chi connectivity index (χ2n) is 13.8. The largest absolute Gasteiger partial charge is 0.490 e. The van der Waals surface area contributed by atoms with Gasteiger partial charge >= 0.3 is 6.03 Å². The fourth-order valence-electron chi connectivity index (χ4n) is 7.90. The van der Waals surface area contributed by atoms with Crippen molar-refractivity contribution in [3.63, 3.8) is 0 Å². The number of carbonyl (C=O) groups is 3. The summed E-state index contributed by atoms with van der Waals surface area (Å²) in [6.07, 6.45) is 3.22. The number of hydrogen-bond donors (Lipinski definition) is 1. The molecule has 55 heavy (non-hydrogen) atoms. The van der Waals surface area contributed by atoms with Gasteiger partial charge in [0.15, 0.2) is 11.5 Å². The third-order valence-electron chi connectivity index (χ3n) is 10.5. The highest BCUT2D eigenvalue weighted by Crippen LogP contribution is 2.50. The summed E-state index contributed by atoms with van der Waals surface area (Å²) in [4.78, 5) is 55.4. The Balaban J connectivity index is 1.15. The van der Waals surface area contributed by atoms with Gasteiger partial charge in [-0.1, -0.05) is 66.7 Å². The van der Waals surface area contributed by atoms with Crippen LogP contribution in [0.3, 0.4) is 0 Å². The van der Waals surface area contributed by atoms with Crippen LogP contribution in [0.1, 0.15) is 65.0 Å². The number of barbiturate groups is 1. The highest BCUT2D eigenvalue weighted by atomic mass is 16.6. The van der Waals surface area contributed by atoms with Crippen LogP contribution in [0.4, 0.5) is 21.9 Å². The lowest BCUT2D eigenvalue weighted by Gasteiger charge is -2.44. The predicted molar refractivity (Wildman–Crippen MR) is 209 cm³/mol. The minimum Gasteiger partial charge on any atom is -0.490 e. The highest BCUT2D eigenvalue weighted by Gasteiger charge is 2.40. The molecule has 0 bridgehead atoms. The summed E-state index contributed by atoms with van der Waals surface area (Å²) in [5.74, 6) is -0.619. The summed E-state index contributed by atoms with van der Waals surface area (Å²) in [7, 11) is 0. The third kappa shape index (κ3) is 6.92. The Hall–Kier alpha value is -6.75. The van der Waals surface area contributed by atoms with Crippen LogP contribution in [0, 0.1) is 10.1 Å². The Morgan fingerprint density at radius 2 is 1.40 bits per heavy atom. The van der Waals surface area contributed by atoms with Crippen LogP contribution in [0.2, 0.25) is 0 Å². The van der Waals surface area contributed by atoms with Crippen LogP contribution in [0.25, 0.3) is 6.08 Å². The number of nitrogens with zero attached hydrogens (tertiary/aromatic N) is 3. The van der Waals surface area contributed by atoms with E-state index in [0.717, 1.165) is 53.2 Å². The van der Waals surface area contributed by atoms with E-state index in [9.17, 15) is 24.5 Å². The first-order chi connectivity index (χ1) is 26.8. The molecule has 11 heteroatoms. The van der Waals surface area contributed by atoms with Crippen LogP contribution < -0.4 is 24.6 Å². The third-order valence-corrected chi connectivity index (χ3v) is 10.5. The number of nitro benzene ring substituents is 1. The molecule has 0 unspecified atom stereocenters. The van der Waals surface area contributed by atoms with Gasteiger partial charge in [0.25, 0.3) is 17.5 Å². The lowest BCUT2D eigenvalue weighted by molar-refractivity contribution is -0.384. The first-order valence-corrected chi connectivity index (χ1v) is 18.4. The molecule has 276 valence electrons. The van der Waals surface area contributed by atoms with Crippen LogP contribution >= 0.6 is 0 Å². The molecule has 1 fully saturated rings. The van der Waals surface area contributed by atoms with E-state index in [1.54, 1.807) is 30.3 Å². The minimum absolute atomic E-state index is 0.0154. The van der Waals surface area contributed by atoms with Gasteiger partial charge in [-0.05, 0) is 95.6 Å². The van der Waals surface area contributed by atoms with E-state index in [0.29, 0.717) is 29.4 Å². The smallest absolute Gasteiger partial charge is 0.335 e. The first kappa shape index (κ1) is 35.3. The topological polar surface area (TPSA) is 131 Å². The summed E-state index contributed by atoms with van der Waals surface area (Å²) >= 11 is 0. The number of nitro groups is 1. The molecule has 8 rings (SSSR count). The molecule has 3 heterocycles. The lowest BCUT2D eigenvalue weighted by atomic mass is 9.76. The van der Waals surface area contributed by atoms with Gasteiger partial charge in [-0.2, -0.15) is 0 Å². The monoisotopic (exact) mass is 734 g/mol. The van der Waals surface area contributed by atoms with Crippen molar-refractivity contribution in [2.24, 2.45) is 0 Å². The number of amides is 4. The number of imide groups is 2. The average molecular weight is 735 g/mol. The normalized spacial score (nSPS) is 18.5. The van der Waals surface area contributed by atoms with Crippen LogP contribution in [0.5, 0.6) is 11.5 Å². The molecule has 0 spiro atoms. The number of benzene rings is 5. The van der Waals surface area contributed by atoms with Gasteiger partial charge in [-0.15, -0.1) is 0 Å². The van der Waals surface area contributed by atoms with Crippen molar-refractivity contribution < 1.29 is 28.8 Å². The molecule has 0 aliphatic carbocycles. The van der Waals surface area contributed by atoms with Crippen molar-refractivity contribution in [1.29, 1.82) is 0 Å². The molecule has 1 saturated heterocycles. The van der Waals surface area contributed by atoms with E-state index in [2.05, 4.69) is 34.5 Å². The molecule has 0 aromatic heterocycles. The molecule has 5 aromatic carbocycles. The van der Waals surface area contributed by atoms with E-state index < -0.39 is 22.8 Å². The van der Waals surface area contributed by atoms with E-state index in [1.165, 1.54) is 29.3 Å². The molecule has 0 saturated carbocycles. The zero-order valence-corrected chi connectivity index (χ0v) is 30.1. The Kier molecular flexibility index (Phi) is 9.59. The molecule has 2 atom stereocenters. The van der Waals surface area contributed by atoms with Crippen molar-refractivity contribution in [2.75, 3.05) is 29.5 Å². The summed E-state index contributed by atoms with van der Waals surface area (Å²) in [6, 6.07) is 34.8. The molecule has 5 aromatic rings. The molecule has 4 amide bonds. The quantitative estimate of drug-likeness (QED) is 0.0659. The number of non-ortho nitro benzene ring substituents is 1. The van der Waals surface area contributed by atoms with Crippen LogP contribution in [-0.2, 0) is 16.2 Å². The second kappa shape index (κ2) is 14.9. The maximum absolute atomic E-state index is 14.4. The summed E-state index contributed by atoms with van der Waals surface area (Å²) < 4.78 is 11.8. The average Bonchev–Trinajstić information content (AvgIpc) is 3.20. The van der Waals surface area contributed by atoms with Crippen LogP contribution in [-0.4, -0.2) is 42.5 Å². The van der Waals surface area contributed by atoms with Crippen molar-refractivity contribution in [1.82, 2.24) is 5.32 Å². The maximum atomic E-state index is 14.4. The maximum Gasteiger partial charge on any atom is 0.335 e. The standard InChI is InChI=1S/C44H38N4O7/c1-2-54-40-24-29(15-18-39(40)55-27-28-13-16-32(17-14-28)48(52)53)23-38-42(49)45-44(51)47(43(38)50)33-25-36-34(30-9-5-3-6-10-30)19-21-46-22-20-35(37(26-33)41(36)46)31-11-7-4-8-12-31/h3-18,23-26,34-35H,2,19-22,27H2,1H3,(H,45,49,51)/b38-23+/t34-,35+. The minimum atomic E-state index is -0.805. The highest BCUT2D eigenvalue weighted by molar-refractivity contribution is 6.39. The Bertz CT molecular complexity index is 2250. The molecular formula is C44H38N4O7. The number of nitrogens with one attached hydrogen (secondary N) is 1. The van der Waals surface area contributed by atoms with Crippen molar-refractivity contribution >= 4 is 41.0 Å². The van der Waals surface area contributed by atoms with Gasteiger partial charge in [-0.3, -0.25) is 25.0 Å². The zero-order chi connectivity index (χ0) is 38.1. The molecular weight excluding hydrogens is 697 g/mol. The zero-order valence-electron chi connectivity index (χ0n) is 30.1. The van der Waals surface area contributed by atoms with E-state index in [1.807, 2.05) is 55.5 Å². The number of rotatable bonds is 10. The summed E-state index contributed by atoms with van der Waals surface area (Å²) in [5, 5.41) is 13.4. The molecule has 0 radical (unpaired) electrons. The summed E-state index contributed by atoms with van der Waals surface area (Å²) in [6.45, 7) is 4.07. The number of anilines is 2. The van der Waals surface area contributed by atoms with Gasteiger partial charge in [0.2, 0.25) is 0 Å². The summed E-state index contributed by atoms with van der Waals surface area (Å²) in [5.41, 5.74) is 7.00. The van der Waals surface area contributed by atoms with Crippen molar-refractivity contribution in [2.45, 2.75) is 38.2 Å². The Labute approximate surface area is 317 Å². The lowest BCUT2D eigenvalue weighted by Crippen LogP contribution is -2.54. The number of urea groups is 1.